The van der Waals surface area contributed by atoms with E-state index in [0.717, 1.165) is 50.8 Å². The highest BCUT2D eigenvalue weighted by Crippen LogP contribution is 2.42. The van der Waals surface area contributed by atoms with Crippen molar-refractivity contribution < 1.29 is 0 Å². The maximum atomic E-state index is 2.35. The summed E-state index contributed by atoms with van der Waals surface area (Å²) in [5.41, 5.74) is 18.5. The molecule has 0 aliphatic rings. The van der Waals surface area contributed by atoms with Crippen LogP contribution in [0, 0.1) is 0 Å². The molecule has 0 saturated carbocycles. The zero-order valence-corrected chi connectivity index (χ0v) is 36.5. The van der Waals surface area contributed by atoms with Crippen LogP contribution in [0.2, 0.25) is 0 Å². The molecule has 0 radical (unpaired) electrons. The maximum Gasteiger partial charge on any atom is 0.0540 e. The van der Waals surface area contributed by atoms with E-state index in [2.05, 4.69) is 289 Å². The maximum absolute atomic E-state index is 2.35. The summed E-state index contributed by atoms with van der Waals surface area (Å²) >= 11 is 0. The number of hydrogen-bond donors (Lipinski definition) is 0. The Balaban J connectivity index is 0.936. The van der Waals surface area contributed by atoms with E-state index >= 15 is 0 Å². The lowest BCUT2D eigenvalue weighted by molar-refractivity contribution is 1.28. The predicted molar refractivity (Wildman–Crippen MR) is 280 cm³/mol. The summed E-state index contributed by atoms with van der Waals surface area (Å²) in [7, 11) is 0. The zero-order chi connectivity index (χ0) is 44.1. The highest BCUT2D eigenvalue weighted by molar-refractivity contribution is 5.99. The van der Waals surface area contributed by atoms with Gasteiger partial charge in [0.05, 0.1) is 5.69 Å². The first kappa shape index (κ1) is 40.1. The molecule has 0 aromatic heterocycles. The van der Waals surface area contributed by atoms with Crippen molar-refractivity contribution in [3.05, 3.63) is 279 Å². The van der Waals surface area contributed by atoms with Crippen LogP contribution >= 0.6 is 0 Å². The van der Waals surface area contributed by atoms with Crippen molar-refractivity contribution in [1.29, 1.82) is 0 Å². The van der Waals surface area contributed by atoms with Gasteiger partial charge in [-0.25, -0.2) is 0 Å². The second-order valence-corrected chi connectivity index (χ2v) is 16.6. The van der Waals surface area contributed by atoms with Gasteiger partial charge < -0.3 is 9.80 Å². The highest BCUT2D eigenvalue weighted by atomic mass is 15.1. The number of para-hydroxylation sites is 1. The van der Waals surface area contributed by atoms with Crippen LogP contribution in [0.4, 0.5) is 34.1 Å². The minimum absolute atomic E-state index is 1.08. The molecule has 0 saturated heterocycles. The van der Waals surface area contributed by atoms with Crippen molar-refractivity contribution >= 4 is 44.9 Å². The average Bonchev–Trinajstić information content (AvgIpc) is 3.41. The van der Waals surface area contributed by atoms with Gasteiger partial charge >= 0.3 is 0 Å². The first-order valence-corrected chi connectivity index (χ1v) is 22.6. The van der Waals surface area contributed by atoms with E-state index in [0.29, 0.717) is 0 Å². The van der Waals surface area contributed by atoms with Crippen molar-refractivity contribution in [2.24, 2.45) is 0 Å². The molecule has 0 N–H and O–H groups in total. The van der Waals surface area contributed by atoms with Gasteiger partial charge in [-0.3, -0.25) is 0 Å². The van der Waals surface area contributed by atoms with E-state index < -0.39 is 0 Å². The molecule has 11 aromatic rings. The Morgan fingerprint density at radius 2 is 0.470 bits per heavy atom. The van der Waals surface area contributed by atoms with Crippen molar-refractivity contribution in [3.63, 3.8) is 0 Å². The summed E-state index contributed by atoms with van der Waals surface area (Å²) in [6.07, 6.45) is 0. The van der Waals surface area contributed by atoms with E-state index in [4.69, 9.17) is 0 Å². The normalized spacial score (nSPS) is 11.0. The molecule has 0 atom stereocenters. The molecule has 2 nitrogen and oxygen atoms in total. The third kappa shape index (κ3) is 8.28. The molecule has 0 heterocycles. The molecule has 11 rings (SSSR count). The van der Waals surface area contributed by atoms with Crippen molar-refractivity contribution in [2.75, 3.05) is 9.80 Å². The van der Waals surface area contributed by atoms with Gasteiger partial charge in [0.15, 0.2) is 0 Å². The fraction of sp³-hybridized carbons (Fsp3) is 0. The van der Waals surface area contributed by atoms with Gasteiger partial charge in [0.25, 0.3) is 0 Å². The Kier molecular flexibility index (Phi) is 11.0. The second kappa shape index (κ2) is 18.2. The minimum Gasteiger partial charge on any atom is -0.311 e. The van der Waals surface area contributed by atoms with Gasteiger partial charge in [-0.1, -0.05) is 194 Å². The van der Waals surface area contributed by atoms with Crippen molar-refractivity contribution in [1.82, 2.24) is 0 Å². The lowest BCUT2D eigenvalue weighted by atomic mass is 9.93. The summed E-state index contributed by atoms with van der Waals surface area (Å²) in [6, 6.07) is 100. The summed E-state index contributed by atoms with van der Waals surface area (Å²) in [5.74, 6) is 0. The van der Waals surface area contributed by atoms with Crippen LogP contribution < -0.4 is 9.80 Å². The molecule has 0 bridgehead atoms. The molecule has 0 spiro atoms. The van der Waals surface area contributed by atoms with E-state index in [1.54, 1.807) is 0 Å². The van der Waals surface area contributed by atoms with E-state index in [-0.39, 0.29) is 0 Å². The van der Waals surface area contributed by atoms with Crippen LogP contribution in [0.15, 0.2) is 279 Å². The number of rotatable bonds is 11. The lowest BCUT2D eigenvalue weighted by Gasteiger charge is -2.27. The molecule has 312 valence electrons. The van der Waals surface area contributed by atoms with Crippen LogP contribution in [0.3, 0.4) is 0 Å². The first-order chi connectivity index (χ1) is 32.7. The van der Waals surface area contributed by atoms with Crippen LogP contribution in [0.5, 0.6) is 0 Å². The summed E-state index contributed by atoms with van der Waals surface area (Å²) in [4.78, 5) is 4.70. The van der Waals surface area contributed by atoms with Gasteiger partial charge in [-0.05, 0) is 146 Å². The molecule has 0 amide bonds. The molecule has 0 fully saturated rings. The minimum atomic E-state index is 1.08. The quantitative estimate of drug-likeness (QED) is 0.128. The second-order valence-electron chi connectivity index (χ2n) is 16.6. The van der Waals surface area contributed by atoms with Crippen LogP contribution in [0.25, 0.3) is 66.4 Å². The van der Waals surface area contributed by atoms with Gasteiger partial charge in [-0.2, -0.15) is 0 Å². The summed E-state index contributed by atoms with van der Waals surface area (Å²) < 4.78 is 0. The number of fused-ring (bicyclic) bond motifs is 1. The average molecular weight is 843 g/mol. The predicted octanol–water partition coefficient (Wildman–Crippen LogP) is 18.1. The summed E-state index contributed by atoms with van der Waals surface area (Å²) in [5, 5.41) is 2.43. The molecular weight excluding hydrogens is 797 g/mol. The number of anilines is 6. The molecule has 11 aromatic carbocycles. The Hall–Kier alpha value is -8.72. The van der Waals surface area contributed by atoms with Gasteiger partial charge in [0.2, 0.25) is 0 Å². The first-order valence-electron chi connectivity index (χ1n) is 22.6. The Morgan fingerprint density at radius 3 is 0.894 bits per heavy atom. The molecular formula is C64H46N2. The van der Waals surface area contributed by atoms with Crippen molar-refractivity contribution in [3.8, 4) is 55.6 Å². The third-order valence-corrected chi connectivity index (χ3v) is 12.4. The smallest absolute Gasteiger partial charge is 0.0540 e. The van der Waals surface area contributed by atoms with Crippen LogP contribution in [-0.4, -0.2) is 0 Å². The SMILES string of the molecule is c1ccc(-c2ccc(N(c3ccc(-c4ccc(N(c5ccccc5)c5cccc6ccccc56)cc4)cc3)c3ccc(-c4cc(-c5ccccc5)cc(-c5ccccc5)c4)cc3)cc2)cc1. The monoisotopic (exact) mass is 842 g/mol. The van der Waals surface area contributed by atoms with E-state index in [9.17, 15) is 0 Å². The molecule has 66 heavy (non-hydrogen) atoms. The Bertz CT molecular complexity index is 3290. The van der Waals surface area contributed by atoms with Gasteiger partial charge in [0, 0.05) is 33.8 Å². The molecule has 0 aliphatic carbocycles. The fourth-order valence-electron chi connectivity index (χ4n) is 9.09. The topological polar surface area (TPSA) is 6.48 Å². The third-order valence-electron chi connectivity index (χ3n) is 12.4. The van der Waals surface area contributed by atoms with E-state index in [1.807, 2.05) is 0 Å². The highest BCUT2D eigenvalue weighted by Gasteiger charge is 2.17. The van der Waals surface area contributed by atoms with Crippen molar-refractivity contribution in [2.45, 2.75) is 0 Å². The lowest BCUT2D eigenvalue weighted by Crippen LogP contribution is -2.10. The fourth-order valence-corrected chi connectivity index (χ4v) is 9.09. The Morgan fingerprint density at radius 1 is 0.182 bits per heavy atom. The number of nitrogens with zero attached hydrogens (tertiary/aromatic N) is 2. The van der Waals surface area contributed by atoms with E-state index in [1.165, 1.54) is 49.7 Å². The number of hydrogen-bond acceptors (Lipinski definition) is 2. The standard InChI is InChI=1S/C64H46N2/c1-5-16-47(17-6-1)50-28-36-59(37-29-50)65(61-40-34-53(35-41-61)57-45-55(48-18-7-2-8-19-48)44-56(46-57)49-20-9-3-10-21-49)60-38-30-51(31-39-60)52-32-42-62(43-33-52)66(58-24-11-4-12-25-58)64-27-15-23-54-22-13-14-26-63(54)64/h1-46H. The van der Waals surface area contributed by atoms with Crippen LogP contribution in [0.1, 0.15) is 0 Å². The number of benzene rings is 11. The molecule has 0 aliphatic heterocycles. The molecule has 0 unspecified atom stereocenters. The van der Waals surface area contributed by atoms with Crippen LogP contribution in [-0.2, 0) is 0 Å². The molecule has 2 heteroatoms. The largest absolute Gasteiger partial charge is 0.311 e. The summed E-state index contributed by atoms with van der Waals surface area (Å²) in [6.45, 7) is 0. The van der Waals surface area contributed by atoms with Gasteiger partial charge in [0.1, 0.15) is 0 Å². The Labute approximate surface area is 387 Å². The zero-order valence-electron chi connectivity index (χ0n) is 36.5. The van der Waals surface area contributed by atoms with Gasteiger partial charge in [-0.15, -0.1) is 0 Å².